The first-order valence-electron chi connectivity index (χ1n) is 9.61. The number of nitrogens with one attached hydrogen (secondary N) is 2. The molecule has 0 saturated carbocycles. The standard InChI is InChI=1S/C23H25N3O4/c1-28-13-14-29-21-10-8-19(9-11-21)26-23(27)25-16-18-5-4-7-22(15-18)30-17-20-6-2-3-12-24-20/h2-12,15H,13-14,16-17H2,1H3,(H2,25,26,27). The molecule has 7 nitrogen and oxygen atoms in total. The molecule has 0 bridgehead atoms. The molecule has 1 heterocycles. The van der Waals surface area contributed by atoms with E-state index >= 15 is 0 Å². The summed E-state index contributed by atoms with van der Waals surface area (Å²) >= 11 is 0. The summed E-state index contributed by atoms with van der Waals surface area (Å²) in [7, 11) is 1.63. The molecule has 30 heavy (non-hydrogen) atoms. The summed E-state index contributed by atoms with van der Waals surface area (Å²) < 4.78 is 16.2. The maximum absolute atomic E-state index is 12.2. The second-order valence-corrected chi connectivity index (χ2v) is 6.43. The van der Waals surface area contributed by atoms with Crippen molar-refractivity contribution in [2.45, 2.75) is 13.2 Å². The number of rotatable bonds is 10. The lowest BCUT2D eigenvalue weighted by Gasteiger charge is -2.10. The highest BCUT2D eigenvalue weighted by atomic mass is 16.5. The van der Waals surface area contributed by atoms with Gasteiger partial charge in [0.2, 0.25) is 0 Å². The molecule has 0 spiro atoms. The summed E-state index contributed by atoms with van der Waals surface area (Å²) in [4.78, 5) is 16.4. The Labute approximate surface area is 176 Å². The highest BCUT2D eigenvalue weighted by Crippen LogP contribution is 2.16. The van der Waals surface area contributed by atoms with Gasteiger partial charge in [0.25, 0.3) is 0 Å². The zero-order chi connectivity index (χ0) is 21.0. The quantitative estimate of drug-likeness (QED) is 0.497. The monoisotopic (exact) mass is 407 g/mol. The number of anilines is 1. The third-order valence-corrected chi connectivity index (χ3v) is 4.13. The van der Waals surface area contributed by atoms with Crippen molar-refractivity contribution in [2.75, 3.05) is 25.6 Å². The summed E-state index contributed by atoms with van der Waals surface area (Å²) in [5, 5.41) is 5.64. The molecule has 0 aliphatic carbocycles. The van der Waals surface area contributed by atoms with Crippen LogP contribution in [0.3, 0.4) is 0 Å². The zero-order valence-electron chi connectivity index (χ0n) is 16.8. The largest absolute Gasteiger partial charge is 0.491 e. The second kappa shape index (κ2) is 11.4. The molecule has 0 fully saturated rings. The van der Waals surface area contributed by atoms with Gasteiger partial charge in [-0.15, -0.1) is 0 Å². The average Bonchev–Trinajstić information content (AvgIpc) is 2.79. The maximum Gasteiger partial charge on any atom is 0.319 e. The van der Waals surface area contributed by atoms with E-state index in [-0.39, 0.29) is 6.03 Å². The van der Waals surface area contributed by atoms with Gasteiger partial charge in [0.05, 0.1) is 12.3 Å². The van der Waals surface area contributed by atoms with E-state index < -0.39 is 0 Å². The fraction of sp³-hybridized carbons (Fsp3) is 0.217. The van der Waals surface area contributed by atoms with Gasteiger partial charge >= 0.3 is 6.03 Å². The van der Waals surface area contributed by atoms with Gasteiger partial charge < -0.3 is 24.8 Å². The molecule has 0 aliphatic rings. The summed E-state index contributed by atoms with van der Waals surface area (Å²) in [6, 6.07) is 20.2. The Morgan fingerprint density at radius 2 is 1.80 bits per heavy atom. The third kappa shape index (κ3) is 7.10. The number of ether oxygens (including phenoxy) is 3. The number of aromatic nitrogens is 1. The number of urea groups is 1. The summed E-state index contributed by atoms with van der Waals surface area (Å²) in [6.07, 6.45) is 1.74. The fourth-order valence-electron chi connectivity index (χ4n) is 2.62. The number of carbonyl (C=O) groups is 1. The van der Waals surface area contributed by atoms with Crippen LogP contribution in [0.25, 0.3) is 0 Å². The van der Waals surface area contributed by atoms with Crippen LogP contribution in [0.15, 0.2) is 72.9 Å². The maximum atomic E-state index is 12.2. The molecule has 0 saturated heterocycles. The van der Waals surface area contributed by atoms with Crippen molar-refractivity contribution < 1.29 is 19.0 Å². The van der Waals surface area contributed by atoms with Crippen molar-refractivity contribution in [3.05, 3.63) is 84.2 Å². The van der Waals surface area contributed by atoms with Crippen molar-refractivity contribution in [3.63, 3.8) is 0 Å². The molecule has 0 unspecified atom stereocenters. The molecule has 0 aliphatic heterocycles. The Balaban J connectivity index is 1.44. The van der Waals surface area contributed by atoms with Gasteiger partial charge in [-0.3, -0.25) is 4.98 Å². The Morgan fingerprint density at radius 1 is 0.933 bits per heavy atom. The van der Waals surface area contributed by atoms with E-state index in [1.807, 2.05) is 42.5 Å². The van der Waals surface area contributed by atoms with E-state index in [0.717, 1.165) is 22.8 Å². The summed E-state index contributed by atoms with van der Waals surface area (Å²) in [5.74, 6) is 1.45. The minimum atomic E-state index is -0.289. The number of carbonyl (C=O) groups excluding carboxylic acids is 1. The number of benzene rings is 2. The number of amides is 2. The molecule has 2 amide bonds. The van der Waals surface area contributed by atoms with E-state index in [9.17, 15) is 4.79 Å². The van der Waals surface area contributed by atoms with Crippen LogP contribution in [0.4, 0.5) is 10.5 Å². The van der Waals surface area contributed by atoms with Crippen LogP contribution in [0.5, 0.6) is 11.5 Å². The van der Waals surface area contributed by atoms with Crippen LogP contribution in [0.1, 0.15) is 11.3 Å². The second-order valence-electron chi connectivity index (χ2n) is 6.43. The fourth-order valence-corrected chi connectivity index (χ4v) is 2.62. The normalized spacial score (nSPS) is 10.3. The summed E-state index contributed by atoms with van der Waals surface area (Å²) in [5.41, 5.74) is 2.47. The van der Waals surface area contributed by atoms with Gasteiger partial charge in [0.1, 0.15) is 24.7 Å². The smallest absolute Gasteiger partial charge is 0.319 e. The Bertz CT molecular complexity index is 917. The van der Waals surface area contributed by atoms with Gasteiger partial charge in [-0.25, -0.2) is 4.79 Å². The lowest BCUT2D eigenvalue weighted by Crippen LogP contribution is -2.28. The molecule has 1 aromatic heterocycles. The van der Waals surface area contributed by atoms with Crippen LogP contribution in [0.2, 0.25) is 0 Å². The van der Waals surface area contributed by atoms with Gasteiger partial charge in [0.15, 0.2) is 0 Å². The molecular weight excluding hydrogens is 382 g/mol. The lowest BCUT2D eigenvalue weighted by molar-refractivity contribution is 0.146. The predicted molar refractivity (Wildman–Crippen MR) is 115 cm³/mol. The minimum absolute atomic E-state index is 0.289. The number of pyridine rings is 1. The number of nitrogens with zero attached hydrogens (tertiary/aromatic N) is 1. The SMILES string of the molecule is COCCOc1ccc(NC(=O)NCc2cccc(OCc3ccccn3)c2)cc1. The Hall–Kier alpha value is -3.58. The molecule has 2 N–H and O–H groups in total. The van der Waals surface area contributed by atoms with Crippen LogP contribution in [0, 0.1) is 0 Å². The molecular formula is C23H25N3O4. The first-order valence-corrected chi connectivity index (χ1v) is 9.61. The molecule has 156 valence electrons. The average molecular weight is 407 g/mol. The van der Waals surface area contributed by atoms with E-state index in [1.54, 1.807) is 37.6 Å². The van der Waals surface area contributed by atoms with Gasteiger partial charge in [0, 0.05) is 25.5 Å². The number of methoxy groups -OCH3 is 1. The van der Waals surface area contributed by atoms with Crippen LogP contribution >= 0.6 is 0 Å². The molecule has 7 heteroatoms. The van der Waals surface area contributed by atoms with Crippen LogP contribution in [-0.2, 0) is 17.9 Å². The van der Waals surface area contributed by atoms with Crippen molar-refractivity contribution in [3.8, 4) is 11.5 Å². The Morgan fingerprint density at radius 3 is 2.57 bits per heavy atom. The highest BCUT2D eigenvalue weighted by Gasteiger charge is 2.04. The van der Waals surface area contributed by atoms with Gasteiger partial charge in [-0.2, -0.15) is 0 Å². The molecule has 3 rings (SSSR count). The highest BCUT2D eigenvalue weighted by molar-refractivity contribution is 5.89. The Kier molecular flexibility index (Phi) is 8.05. The van der Waals surface area contributed by atoms with Gasteiger partial charge in [-0.05, 0) is 54.1 Å². The topological polar surface area (TPSA) is 81.7 Å². The van der Waals surface area contributed by atoms with E-state index in [2.05, 4.69) is 15.6 Å². The zero-order valence-corrected chi connectivity index (χ0v) is 16.8. The molecule has 0 radical (unpaired) electrons. The summed E-state index contributed by atoms with van der Waals surface area (Å²) in [6.45, 7) is 1.78. The number of hydrogen-bond acceptors (Lipinski definition) is 5. The molecule has 3 aromatic rings. The van der Waals surface area contributed by atoms with Crippen molar-refractivity contribution in [2.24, 2.45) is 0 Å². The number of hydrogen-bond donors (Lipinski definition) is 2. The van der Waals surface area contributed by atoms with E-state index in [0.29, 0.717) is 32.1 Å². The first-order chi connectivity index (χ1) is 14.7. The molecule has 2 aromatic carbocycles. The molecule has 0 atom stereocenters. The lowest BCUT2D eigenvalue weighted by atomic mass is 10.2. The minimum Gasteiger partial charge on any atom is -0.491 e. The van der Waals surface area contributed by atoms with Gasteiger partial charge in [-0.1, -0.05) is 18.2 Å². The van der Waals surface area contributed by atoms with Crippen molar-refractivity contribution >= 4 is 11.7 Å². The van der Waals surface area contributed by atoms with Crippen LogP contribution in [-0.4, -0.2) is 31.3 Å². The first kappa shape index (κ1) is 21.1. The third-order valence-electron chi connectivity index (χ3n) is 4.13. The van der Waals surface area contributed by atoms with Crippen molar-refractivity contribution in [1.82, 2.24) is 10.3 Å². The predicted octanol–water partition coefficient (Wildman–Crippen LogP) is 4.01. The van der Waals surface area contributed by atoms with Crippen molar-refractivity contribution in [1.29, 1.82) is 0 Å². The van der Waals surface area contributed by atoms with E-state index in [1.165, 1.54) is 0 Å². The van der Waals surface area contributed by atoms with E-state index in [4.69, 9.17) is 14.2 Å². The van der Waals surface area contributed by atoms with Crippen LogP contribution < -0.4 is 20.1 Å².